The summed E-state index contributed by atoms with van der Waals surface area (Å²) in [5, 5.41) is 8.57. The van der Waals surface area contributed by atoms with Gasteiger partial charge >= 0.3 is 0 Å². The largest absolute Gasteiger partial charge is 0.325 e. The normalized spacial score (nSPS) is 10.4. The van der Waals surface area contributed by atoms with Gasteiger partial charge in [-0.25, -0.2) is 8.78 Å². The summed E-state index contributed by atoms with van der Waals surface area (Å²) in [7, 11) is 0. The van der Waals surface area contributed by atoms with Crippen LogP contribution in [0.2, 0.25) is 0 Å². The second-order valence-corrected chi connectivity index (χ2v) is 3.12. The number of aromatic nitrogens is 1. The van der Waals surface area contributed by atoms with Gasteiger partial charge < -0.3 is 5.73 Å². The van der Waals surface area contributed by atoms with Gasteiger partial charge in [-0.2, -0.15) is 5.26 Å². The van der Waals surface area contributed by atoms with Crippen LogP contribution in [0.4, 0.5) is 8.78 Å². The highest BCUT2D eigenvalue weighted by atomic mass is 19.3. The fraction of sp³-hybridized carbons (Fsp3) is 0.400. The quantitative estimate of drug-likeness (QED) is 0.829. The van der Waals surface area contributed by atoms with Gasteiger partial charge in [0.1, 0.15) is 0 Å². The zero-order valence-corrected chi connectivity index (χ0v) is 8.30. The second-order valence-electron chi connectivity index (χ2n) is 3.12. The van der Waals surface area contributed by atoms with E-state index in [4.69, 9.17) is 11.0 Å². The van der Waals surface area contributed by atoms with Crippen molar-refractivity contribution in [1.82, 2.24) is 4.98 Å². The maximum absolute atomic E-state index is 12.8. The van der Waals surface area contributed by atoms with Crippen LogP contribution in [-0.2, 0) is 13.0 Å². The van der Waals surface area contributed by atoms with Crippen LogP contribution in [0.5, 0.6) is 0 Å². The number of nitriles is 1. The average Bonchev–Trinajstić information content (AvgIpc) is 2.20. The molecule has 0 aromatic carbocycles. The van der Waals surface area contributed by atoms with Crippen molar-refractivity contribution < 1.29 is 8.78 Å². The van der Waals surface area contributed by atoms with E-state index in [0.29, 0.717) is 11.1 Å². The molecule has 1 rings (SSSR count). The molecule has 3 nitrogen and oxygen atoms in total. The highest BCUT2D eigenvalue weighted by Gasteiger charge is 2.19. The average molecular weight is 211 g/mol. The van der Waals surface area contributed by atoms with E-state index >= 15 is 0 Å². The Morgan fingerprint density at radius 2 is 2.27 bits per heavy atom. The van der Waals surface area contributed by atoms with Crippen LogP contribution in [0.1, 0.15) is 28.8 Å². The molecule has 80 valence electrons. The third-order valence-corrected chi connectivity index (χ3v) is 2.19. The zero-order valence-electron chi connectivity index (χ0n) is 8.30. The van der Waals surface area contributed by atoms with Crippen LogP contribution in [0.25, 0.3) is 0 Å². The first-order valence-corrected chi connectivity index (χ1v) is 4.44. The van der Waals surface area contributed by atoms with Crippen LogP contribution >= 0.6 is 0 Å². The van der Waals surface area contributed by atoms with E-state index in [0.717, 1.165) is 0 Å². The minimum atomic E-state index is -2.64. The molecule has 0 atom stereocenters. The van der Waals surface area contributed by atoms with Gasteiger partial charge in [0, 0.05) is 18.3 Å². The van der Waals surface area contributed by atoms with E-state index in [-0.39, 0.29) is 24.2 Å². The minimum absolute atomic E-state index is 0.0406. The Labute approximate surface area is 86.5 Å². The van der Waals surface area contributed by atoms with Gasteiger partial charge in [0.05, 0.1) is 18.2 Å². The van der Waals surface area contributed by atoms with E-state index in [1.165, 1.54) is 6.20 Å². The van der Waals surface area contributed by atoms with E-state index < -0.39 is 6.43 Å². The fourth-order valence-electron chi connectivity index (χ4n) is 1.44. The molecule has 0 aliphatic rings. The molecule has 0 saturated heterocycles. The molecule has 15 heavy (non-hydrogen) atoms. The first kappa shape index (κ1) is 11.5. The molecule has 0 amide bonds. The monoisotopic (exact) mass is 211 g/mol. The van der Waals surface area contributed by atoms with Crippen molar-refractivity contribution in [3.8, 4) is 6.07 Å². The second kappa shape index (κ2) is 4.80. The minimum Gasteiger partial charge on any atom is -0.325 e. The smallest absolute Gasteiger partial charge is 0.265 e. The number of alkyl halides is 2. The Balaban J connectivity index is 3.38. The van der Waals surface area contributed by atoms with Gasteiger partial charge in [0.15, 0.2) is 0 Å². The summed E-state index contributed by atoms with van der Waals surface area (Å²) in [6.45, 7) is 1.62. The maximum atomic E-state index is 12.8. The van der Waals surface area contributed by atoms with Crippen molar-refractivity contribution in [3.63, 3.8) is 0 Å². The van der Waals surface area contributed by atoms with Crippen molar-refractivity contribution in [2.24, 2.45) is 5.73 Å². The third kappa shape index (κ3) is 2.28. The molecule has 5 heteroatoms. The molecule has 0 fully saturated rings. The summed E-state index contributed by atoms with van der Waals surface area (Å²) in [6, 6.07) is 1.87. The molecule has 0 spiro atoms. The van der Waals surface area contributed by atoms with E-state index in [1.807, 2.05) is 6.07 Å². The molecule has 1 aromatic heterocycles. The predicted octanol–water partition coefficient (Wildman–Crippen LogP) is 1.85. The van der Waals surface area contributed by atoms with Crippen molar-refractivity contribution in [2.45, 2.75) is 26.3 Å². The molecule has 0 saturated carbocycles. The summed E-state index contributed by atoms with van der Waals surface area (Å²) in [6.07, 6.45) is -1.21. The molecular formula is C10H11F2N3. The number of hydrogen-bond donors (Lipinski definition) is 1. The SMILES string of the molecule is Cc1cnc(CN)c(C(F)F)c1CC#N. The highest BCUT2D eigenvalue weighted by molar-refractivity contribution is 5.38. The van der Waals surface area contributed by atoms with E-state index in [2.05, 4.69) is 4.98 Å². The van der Waals surface area contributed by atoms with E-state index in [1.54, 1.807) is 6.92 Å². The predicted molar refractivity (Wildman–Crippen MR) is 51.1 cm³/mol. The number of hydrogen-bond acceptors (Lipinski definition) is 3. The van der Waals surface area contributed by atoms with Crippen molar-refractivity contribution in [3.05, 3.63) is 28.6 Å². The summed E-state index contributed by atoms with van der Waals surface area (Å²) >= 11 is 0. The third-order valence-electron chi connectivity index (χ3n) is 2.19. The number of nitrogens with two attached hydrogens (primary N) is 1. The lowest BCUT2D eigenvalue weighted by molar-refractivity contribution is 0.148. The van der Waals surface area contributed by atoms with Gasteiger partial charge in [-0.05, 0) is 18.1 Å². The number of halogens is 2. The van der Waals surface area contributed by atoms with E-state index in [9.17, 15) is 8.78 Å². The van der Waals surface area contributed by atoms with Crippen LogP contribution in [0.3, 0.4) is 0 Å². The van der Waals surface area contributed by atoms with Crippen molar-refractivity contribution in [2.75, 3.05) is 0 Å². The number of nitrogens with zero attached hydrogens (tertiary/aromatic N) is 2. The number of aryl methyl sites for hydroxylation is 1. The van der Waals surface area contributed by atoms with Crippen LogP contribution < -0.4 is 5.73 Å². The van der Waals surface area contributed by atoms with Crippen LogP contribution in [-0.4, -0.2) is 4.98 Å². The van der Waals surface area contributed by atoms with Crippen LogP contribution in [0.15, 0.2) is 6.20 Å². The molecule has 0 bridgehead atoms. The highest BCUT2D eigenvalue weighted by Crippen LogP contribution is 2.27. The Kier molecular flexibility index (Phi) is 3.69. The summed E-state index contributed by atoms with van der Waals surface area (Å²) < 4.78 is 25.5. The standard InChI is InChI=1S/C10H11F2N3/c1-6-5-15-8(4-14)9(10(11)12)7(6)2-3-13/h5,10H,2,4,14H2,1H3. The van der Waals surface area contributed by atoms with Gasteiger partial charge in [-0.1, -0.05) is 0 Å². The van der Waals surface area contributed by atoms with Crippen LogP contribution in [0, 0.1) is 18.3 Å². The zero-order chi connectivity index (χ0) is 11.4. The Morgan fingerprint density at radius 1 is 1.60 bits per heavy atom. The molecular weight excluding hydrogens is 200 g/mol. The lowest BCUT2D eigenvalue weighted by atomic mass is 10.00. The first-order valence-electron chi connectivity index (χ1n) is 4.44. The molecule has 2 N–H and O–H groups in total. The van der Waals surface area contributed by atoms with Crippen molar-refractivity contribution in [1.29, 1.82) is 5.26 Å². The van der Waals surface area contributed by atoms with Gasteiger partial charge in [0.25, 0.3) is 6.43 Å². The molecule has 0 aliphatic carbocycles. The lowest BCUT2D eigenvalue weighted by Gasteiger charge is -2.12. The molecule has 0 unspecified atom stereocenters. The maximum Gasteiger partial charge on any atom is 0.265 e. The Morgan fingerprint density at radius 3 is 2.73 bits per heavy atom. The molecule has 1 aromatic rings. The van der Waals surface area contributed by atoms with Crippen molar-refractivity contribution >= 4 is 0 Å². The Hall–Kier alpha value is -1.54. The number of rotatable bonds is 3. The Bertz CT molecular complexity index is 396. The molecule has 0 radical (unpaired) electrons. The fourth-order valence-corrected chi connectivity index (χ4v) is 1.44. The lowest BCUT2D eigenvalue weighted by Crippen LogP contribution is -2.09. The van der Waals surface area contributed by atoms with Gasteiger partial charge in [0.2, 0.25) is 0 Å². The topological polar surface area (TPSA) is 62.7 Å². The van der Waals surface area contributed by atoms with Gasteiger partial charge in [-0.3, -0.25) is 4.98 Å². The molecule has 0 aliphatic heterocycles. The summed E-state index contributed by atoms with van der Waals surface area (Å²) in [5.41, 5.74) is 6.26. The van der Waals surface area contributed by atoms with Gasteiger partial charge in [-0.15, -0.1) is 0 Å². The summed E-state index contributed by atoms with van der Waals surface area (Å²) in [5.74, 6) is 0. The summed E-state index contributed by atoms with van der Waals surface area (Å²) in [4.78, 5) is 3.85. The molecule has 1 heterocycles. The first-order chi connectivity index (χ1) is 7.11. The number of pyridine rings is 1.